The van der Waals surface area contributed by atoms with Crippen LogP contribution in [-0.4, -0.2) is 56.7 Å². The zero-order chi connectivity index (χ0) is 20.1. The molecular weight excluding hydrogens is 360 g/mol. The van der Waals surface area contributed by atoms with E-state index in [1.807, 2.05) is 12.4 Å². The normalized spacial score (nSPS) is 18.2. The Bertz CT molecular complexity index is 908. The van der Waals surface area contributed by atoms with Gasteiger partial charge in [-0.2, -0.15) is 0 Å². The van der Waals surface area contributed by atoms with E-state index in [1.165, 1.54) is 11.1 Å². The summed E-state index contributed by atoms with van der Waals surface area (Å²) in [5, 5.41) is 9.60. The molecule has 152 valence electrons. The number of benzene rings is 2. The summed E-state index contributed by atoms with van der Waals surface area (Å²) < 4.78 is 2.18. The Morgan fingerprint density at radius 1 is 1.03 bits per heavy atom. The molecule has 1 saturated heterocycles. The van der Waals surface area contributed by atoms with Gasteiger partial charge in [-0.15, -0.1) is 0 Å². The van der Waals surface area contributed by atoms with Crippen molar-refractivity contribution in [3.8, 4) is 5.69 Å². The predicted octanol–water partition coefficient (Wildman–Crippen LogP) is 3.25. The highest BCUT2D eigenvalue weighted by atomic mass is 16.3. The van der Waals surface area contributed by atoms with Gasteiger partial charge in [0.15, 0.2) is 0 Å². The third kappa shape index (κ3) is 4.93. The highest BCUT2D eigenvalue weighted by Crippen LogP contribution is 2.19. The van der Waals surface area contributed by atoms with Crippen molar-refractivity contribution in [3.63, 3.8) is 0 Å². The molecule has 2 heterocycles. The van der Waals surface area contributed by atoms with Gasteiger partial charge in [-0.05, 0) is 36.6 Å². The van der Waals surface area contributed by atoms with Crippen LogP contribution in [0.2, 0.25) is 0 Å². The second-order valence-electron chi connectivity index (χ2n) is 7.91. The molecule has 5 heteroatoms. The number of aliphatic hydroxyl groups is 1. The number of nitrogens with zero attached hydrogens (tertiary/aromatic N) is 4. The van der Waals surface area contributed by atoms with Crippen molar-refractivity contribution in [3.05, 3.63) is 83.9 Å². The number of aromatic nitrogens is 2. The number of hydrogen-bond donors (Lipinski definition) is 1. The lowest BCUT2D eigenvalue weighted by Gasteiger charge is -2.41. The maximum absolute atomic E-state index is 9.60. The smallest absolute Gasteiger partial charge is 0.127 e. The van der Waals surface area contributed by atoms with Crippen molar-refractivity contribution in [2.24, 2.45) is 0 Å². The number of aryl methyl sites for hydroxylation is 1. The lowest BCUT2D eigenvalue weighted by Crippen LogP contribution is -2.52. The first-order chi connectivity index (χ1) is 14.2. The van der Waals surface area contributed by atoms with Crippen molar-refractivity contribution >= 4 is 0 Å². The van der Waals surface area contributed by atoms with E-state index < -0.39 is 0 Å². The number of imidazole rings is 1. The van der Waals surface area contributed by atoms with Crippen LogP contribution in [-0.2, 0) is 13.1 Å². The third-order valence-electron chi connectivity index (χ3n) is 5.74. The molecule has 1 aliphatic rings. The summed E-state index contributed by atoms with van der Waals surface area (Å²) in [7, 11) is 0. The lowest BCUT2D eigenvalue weighted by atomic mass is 10.1. The molecule has 0 saturated carbocycles. The molecule has 5 nitrogen and oxygen atoms in total. The van der Waals surface area contributed by atoms with E-state index >= 15 is 0 Å². The fourth-order valence-corrected chi connectivity index (χ4v) is 4.21. The van der Waals surface area contributed by atoms with Crippen molar-refractivity contribution in [1.29, 1.82) is 0 Å². The van der Waals surface area contributed by atoms with Crippen LogP contribution < -0.4 is 0 Å². The summed E-state index contributed by atoms with van der Waals surface area (Å²) in [6, 6.07) is 19.5. The Kier molecular flexibility index (Phi) is 6.39. The van der Waals surface area contributed by atoms with Crippen LogP contribution >= 0.6 is 0 Å². The van der Waals surface area contributed by atoms with E-state index in [2.05, 4.69) is 80.9 Å². The monoisotopic (exact) mass is 390 g/mol. The minimum Gasteiger partial charge on any atom is -0.396 e. The van der Waals surface area contributed by atoms with E-state index in [9.17, 15) is 5.11 Å². The highest BCUT2D eigenvalue weighted by molar-refractivity contribution is 5.36. The maximum Gasteiger partial charge on any atom is 0.127 e. The zero-order valence-corrected chi connectivity index (χ0v) is 17.1. The van der Waals surface area contributed by atoms with Crippen LogP contribution in [0.5, 0.6) is 0 Å². The molecule has 0 amide bonds. The molecule has 29 heavy (non-hydrogen) atoms. The molecule has 0 bridgehead atoms. The first kappa shape index (κ1) is 19.8. The summed E-state index contributed by atoms with van der Waals surface area (Å²) in [4.78, 5) is 9.61. The molecule has 4 rings (SSSR count). The minimum absolute atomic E-state index is 0.224. The number of aliphatic hydroxyl groups excluding tert-OH is 1. The first-order valence-electron chi connectivity index (χ1n) is 10.4. The Morgan fingerprint density at radius 2 is 1.90 bits per heavy atom. The topological polar surface area (TPSA) is 44.5 Å². The highest BCUT2D eigenvalue weighted by Gasteiger charge is 2.27. The summed E-state index contributed by atoms with van der Waals surface area (Å²) in [6.45, 7) is 7.07. The maximum atomic E-state index is 9.60. The van der Waals surface area contributed by atoms with Crippen molar-refractivity contribution in [1.82, 2.24) is 19.4 Å². The molecule has 1 aromatic heterocycles. The molecule has 1 fully saturated rings. The van der Waals surface area contributed by atoms with Gasteiger partial charge in [0.25, 0.3) is 0 Å². The number of rotatable bonds is 7. The third-order valence-corrected chi connectivity index (χ3v) is 5.74. The average molecular weight is 391 g/mol. The van der Waals surface area contributed by atoms with Crippen molar-refractivity contribution in [2.75, 3.05) is 26.2 Å². The van der Waals surface area contributed by atoms with Gasteiger partial charge in [0.2, 0.25) is 0 Å². The van der Waals surface area contributed by atoms with Crippen LogP contribution in [0.15, 0.2) is 67.0 Å². The second kappa shape index (κ2) is 9.35. The van der Waals surface area contributed by atoms with E-state index in [0.29, 0.717) is 6.04 Å². The van der Waals surface area contributed by atoms with Gasteiger partial charge in [-0.25, -0.2) is 4.98 Å². The van der Waals surface area contributed by atoms with Gasteiger partial charge in [0.05, 0.1) is 6.54 Å². The number of piperazine rings is 1. The minimum atomic E-state index is 0.224. The van der Waals surface area contributed by atoms with Gasteiger partial charge in [-0.3, -0.25) is 9.80 Å². The molecule has 1 aliphatic heterocycles. The van der Waals surface area contributed by atoms with E-state index in [-0.39, 0.29) is 6.61 Å². The van der Waals surface area contributed by atoms with E-state index in [0.717, 1.165) is 50.7 Å². The van der Waals surface area contributed by atoms with Gasteiger partial charge < -0.3 is 9.67 Å². The first-order valence-corrected chi connectivity index (χ1v) is 10.4. The van der Waals surface area contributed by atoms with Crippen LogP contribution in [0.4, 0.5) is 0 Å². The second-order valence-corrected chi connectivity index (χ2v) is 7.91. The summed E-state index contributed by atoms with van der Waals surface area (Å²) >= 11 is 0. The molecule has 1 unspecified atom stereocenters. The van der Waals surface area contributed by atoms with Crippen molar-refractivity contribution in [2.45, 2.75) is 32.5 Å². The predicted molar refractivity (Wildman–Crippen MR) is 116 cm³/mol. The fraction of sp³-hybridized carbons (Fsp3) is 0.375. The zero-order valence-electron chi connectivity index (χ0n) is 17.1. The molecule has 2 aromatic carbocycles. The standard InChI is InChI=1S/C24H30N4O/c1-20-6-5-9-22(16-20)28-12-11-25-24(28)19-26-13-14-27(23(18-26)10-15-29)17-21-7-3-2-4-8-21/h2-9,11-12,16,23,29H,10,13-15,17-19H2,1H3. The largest absolute Gasteiger partial charge is 0.396 e. The Morgan fingerprint density at radius 3 is 2.69 bits per heavy atom. The van der Waals surface area contributed by atoms with Crippen molar-refractivity contribution < 1.29 is 5.11 Å². The lowest BCUT2D eigenvalue weighted by molar-refractivity contribution is 0.0486. The van der Waals surface area contributed by atoms with Crippen LogP contribution in [0.1, 0.15) is 23.4 Å². The fourth-order valence-electron chi connectivity index (χ4n) is 4.21. The quantitative estimate of drug-likeness (QED) is 0.673. The van der Waals surface area contributed by atoms with Gasteiger partial charge in [0, 0.05) is 56.9 Å². The summed E-state index contributed by atoms with van der Waals surface area (Å²) in [5.41, 5.74) is 3.74. The Labute approximate surface area is 173 Å². The molecule has 1 N–H and O–H groups in total. The molecule has 0 aliphatic carbocycles. The molecular formula is C24H30N4O. The van der Waals surface area contributed by atoms with Gasteiger partial charge >= 0.3 is 0 Å². The summed E-state index contributed by atoms with van der Waals surface area (Å²) in [5.74, 6) is 1.06. The number of hydrogen-bond acceptors (Lipinski definition) is 4. The molecule has 0 radical (unpaired) electrons. The van der Waals surface area contributed by atoms with E-state index in [4.69, 9.17) is 0 Å². The molecule has 0 spiro atoms. The molecule has 1 atom stereocenters. The van der Waals surface area contributed by atoms with Crippen LogP contribution in [0.3, 0.4) is 0 Å². The Balaban J connectivity index is 1.44. The van der Waals surface area contributed by atoms with Gasteiger partial charge in [-0.1, -0.05) is 42.5 Å². The average Bonchev–Trinajstić information content (AvgIpc) is 3.19. The molecule has 3 aromatic rings. The van der Waals surface area contributed by atoms with Crippen LogP contribution in [0, 0.1) is 6.92 Å². The Hall–Kier alpha value is -2.47. The van der Waals surface area contributed by atoms with Crippen LogP contribution in [0.25, 0.3) is 5.69 Å². The van der Waals surface area contributed by atoms with E-state index in [1.54, 1.807) is 0 Å². The van der Waals surface area contributed by atoms with Gasteiger partial charge in [0.1, 0.15) is 5.82 Å². The summed E-state index contributed by atoms with van der Waals surface area (Å²) in [6.07, 6.45) is 4.73. The SMILES string of the molecule is Cc1cccc(-n2ccnc2CN2CCN(Cc3ccccc3)C(CCO)C2)c1.